The van der Waals surface area contributed by atoms with Crippen molar-refractivity contribution < 1.29 is 0 Å². The number of allylic oxidation sites excluding steroid dienone is 7. The first kappa shape index (κ1) is 10.1. The lowest BCUT2D eigenvalue weighted by atomic mass is 9.59. The molecule has 1 aliphatic heterocycles. The van der Waals surface area contributed by atoms with Crippen LogP contribution in [-0.2, 0) is 5.41 Å². The molecule has 4 aliphatic rings. The van der Waals surface area contributed by atoms with Crippen LogP contribution in [0.15, 0.2) is 77.3 Å². The van der Waals surface area contributed by atoms with Crippen molar-refractivity contribution in [3.63, 3.8) is 0 Å². The van der Waals surface area contributed by atoms with Crippen LogP contribution in [0.3, 0.4) is 0 Å². The molecule has 1 aromatic rings. The fourth-order valence-corrected chi connectivity index (χ4v) is 5.54. The topological polar surface area (TPSA) is 0 Å². The van der Waals surface area contributed by atoms with Gasteiger partial charge in [-0.2, -0.15) is 0 Å². The molecule has 3 aliphatic carbocycles. The highest BCUT2D eigenvalue weighted by molar-refractivity contribution is 8.01. The van der Waals surface area contributed by atoms with E-state index in [0.717, 1.165) is 0 Å². The lowest BCUT2D eigenvalue weighted by Gasteiger charge is -2.46. The molecule has 1 aromatic carbocycles. The number of rotatable bonds is 0. The van der Waals surface area contributed by atoms with E-state index in [4.69, 9.17) is 0 Å². The van der Waals surface area contributed by atoms with E-state index in [1.54, 1.807) is 0 Å². The van der Waals surface area contributed by atoms with Gasteiger partial charge in [0, 0.05) is 4.90 Å². The maximum absolute atomic E-state index is 2.40. The molecule has 0 radical (unpaired) electrons. The Bertz CT molecular complexity index is 760. The van der Waals surface area contributed by atoms with Gasteiger partial charge in [-0.15, -0.1) is 11.8 Å². The van der Waals surface area contributed by atoms with Gasteiger partial charge >= 0.3 is 0 Å². The van der Waals surface area contributed by atoms with Gasteiger partial charge in [0.1, 0.15) is 0 Å². The Morgan fingerprint density at radius 2 is 1.79 bits per heavy atom. The van der Waals surface area contributed by atoms with Crippen LogP contribution in [0.4, 0.5) is 0 Å². The quantitative estimate of drug-likeness (QED) is 0.665. The van der Waals surface area contributed by atoms with Crippen molar-refractivity contribution in [2.75, 3.05) is 0 Å². The molecular formula is C18H12S. The third kappa shape index (κ3) is 0.943. The van der Waals surface area contributed by atoms with Crippen molar-refractivity contribution in [1.82, 2.24) is 0 Å². The summed E-state index contributed by atoms with van der Waals surface area (Å²) in [4.78, 5) is 1.43. The second-order valence-electron chi connectivity index (χ2n) is 5.46. The van der Waals surface area contributed by atoms with E-state index in [2.05, 4.69) is 72.9 Å². The fraction of sp³-hybridized carbons (Fsp3) is 0.111. The predicted octanol–water partition coefficient (Wildman–Crippen LogP) is 4.42. The van der Waals surface area contributed by atoms with E-state index < -0.39 is 0 Å². The van der Waals surface area contributed by atoms with Crippen molar-refractivity contribution in [1.29, 1.82) is 0 Å². The minimum atomic E-state index is 0.0157. The summed E-state index contributed by atoms with van der Waals surface area (Å²) in [5.41, 5.74) is 4.31. The van der Waals surface area contributed by atoms with E-state index in [-0.39, 0.29) is 10.2 Å². The smallest absolute Gasteiger partial charge is 0.0744 e. The summed E-state index contributed by atoms with van der Waals surface area (Å²) in [6, 6.07) is 6.68. The minimum Gasteiger partial charge on any atom is -0.109 e. The Morgan fingerprint density at radius 3 is 2.79 bits per heavy atom. The van der Waals surface area contributed by atoms with Crippen molar-refractivity contribution >= 4 is 17.8 Å². The monoisotopic (exact) mass is 260 g/mol. The summed E-state index contributed by atoms with van der Waals surface area (Å²) in [7, 11) is 0. The fourth-order valence-electron chi connectivity index (χ4n) is 3.91. The van der Waals surface area contributed by atoms with E-state index >= 15 is 0 Å². The van der Waals surface area contributed by atoms with E-state index in [1.165, 1.54) is 21.6 Å². The number of hydrogen-bond acceptors (Lipinski definition) is 1. The van der Waals surface area contributed by atoms with Gasteiger partial charge in [-0.1, -0.05) is 66.8 Å². The molecule has 5 rings (SSSR count). The maximum atomic E-state index is 2.40. The maximum Gasteiger partial charge on any atom is 0.0744 e. The lowest BCUT2D eigenvalue weighted by molar-refractivity contribution is 0.575. The van der Waals surface area contributed by atoms with Gasteiger partial charge in [0.15, 0.2) is 0 Å². The second kappa shape index (κ2) is 3.05. The summed E-state index contributed by atoms with van der Waals surface area (Å²) in [6.45, 7) is 0. The molecule has 1 spiro atoms. The molecule has 1 heterocycles. The van der Waals surface area contributed by atoms with Gasteiger partial charge < -0.3 is 0 Å². The zero-order chi connectivity index (χ0) is 12.5. The average Bonchev–Trinajstić information content (AvgIpc) is 2.76. The van der Waals surface area contributed by atoms with Crippen molar-refractivity contribution in [3.8, 4) is 0 Å². The molecular weight excluding hydrogens is 248 g/mol. The molecule has 1 heteroatoms. The van der Waals surface area contributed by atoms with Gasteiger partial charge in [-0.05, 0) is 22.8 Å². The zero-order valence-electron chi connectivity index (χ0n) is 10.3. The third-order valence-corrected chi connectivity index (χ3v) is 6.16. The summed E-state index contributed by atoms with van der Waals surface area (Å²) in [6.07, 6.45) is 20.6. The first-order valence-electron chi connectivity index (χ1n) is 6.63. The van der Waals surface area contributed by atoms with Crippen LogP contribution in [-0.4, -0.2) is 4.75 Å². The molecule has 0 N–H and O–H groups in total. The van der Waals surface area contributed by atoms with Gasteiger partial charge in [-0.3, -0.25) is 0 Å². The molecule has 90 valence electrons. The van der Waals surface area contributed by atoms with Crippen LogP contribution in [0.1, 0.15) is 11.1 Å². The Kier molecular flexibility index (Phi) is 1.62. The average molecular weight is 260 g/mol. The highest BCUT2D eigenvalue weighted by Gasteiger charge is 2.59. The lowest BCUT2D eigenvalue weighted by Crippen LogP contribution is -2.46. The van der Waals surface area contributed by atoms with Crippen LogP contribution < -0.4 is 0 Å². The standard InChI is InChI=1S/C18H12S/c1-2-12-18-14-6-4-11-17(18,10-1)19-15-7-3-5-13(8-9-14)16(15)18/h1-12H. The molecule has 19 heavy (non-hydrogen) atoms. The molecule has 0 saturated carbocycles. The Balaban J connectivity index is 2.00. The normalized spacial score (nSPS) is 35.1. The van der Waals surface area contributed by atoms with Gasteiger partial charge in [-0.25, -0.2) is 0 Å². The molecule has 0 fully saturated rings. The van der Waals surface area contributed by atoms with E-state index in [1.807, 2.05) is 11.8 Å². The van der Waals surface area contributed by atoms with Crippen molar-refractivity contribution in [2.45, 2.75) is 15.1 Å². The predicted molar refractivity (Wildman–Crippen MR) is 81.2 cm³/mol. The van der Waals surface area contributed by atoms with E-state index in [0.29, 0.717) is 0 Å². The van der Waals surface area contributed by atoms with Crippen LogP contribution in [0.2, 0.25) is 0 Å². The summed E-state index contributed by atoms with van der Waals surface area (Å²) >= 11 is 1.99. The molecule has 0 amide bonds. The Hall–Kier alpha value is -1.73. The number of benzene rings is 1. The van der Waals surface area contributed by atoms with Crippen LogP contribution in [0, 0.1) is 0 Å². The van der Waals surface area contributed by atoms with Gasteiger partial charge in [0.2, 0.25) is 0 Å². The molecule has 0 saturated heterocycles. The van der Waals surface area contributed by atoms with Crippen molar-refractivity contribution in [2.24, 2.45) is 0 Å². The number of thioether (sulfide) groups is 1. The Morgan fingerprint density at radius 1 is 0.895 bits per heavy atom. The largest absolute Gasteiger partial charge is 0.109 e. The molecule has 0 bridgehead atoms. The van der Waals surface area contributed by atoms with Crippen molar-refractivity contribution in [3.05, 3.63) is 83.5 Å². The Labute approximate surface area is 116 Å². The molecule has 2 unspecified atom stereocenters. The molecule has 0 aromatic heterocycles. The highest BCUT2D eigenvalue weighted by Crippen LogP contribution is 2.66. The summed E-state index contributed by atoms with van der Waals surface area (Å²) in [5, 5.41) is 0. The zero-order valence-corrected chi connectivity index (χ0v) is 11.2. The van der Waals surface area contributed by atoms with E-state index in [9.17, 15) is 0 Å². The van der Waals surface area contributed by atoms with Crippen LogP contribution >= 0.6 is 11.8 Å². The third-order valence-electron chi connectivity index (χ3n) is 4.67. The number of hydrogen-bond donors (Lipinski definition) is 0. The summed E-state index contributed by atoms with van der Waals surface area (Å²) in [5.74, 6) is 0. The van der Waals surface area contributed by atoms with Gasteiger partial charge in [0.25, 0.3) is 0 Å². The first-order chi connectivity index (χ1) is 9.36. The molecule has 2 atom stereocenters. The SMILES string of the molecule is C1=CC23C=CC=C4C=Cc5cccc(c5C42C=C1)S3. The summed E-state index contributed by atoms with van der Waals surface area (Å²) < 4.78 is 0.0367. The molecule has 0 nitrogen and oxygen atoms in total. The van der Waals surface area contributed by atoms with Crippen LogP contribution in [0.25, 0.3) is 6.08 Å². The second-order valence-corrected chi connectivity index (χ2v) is 6.78. The van der Waals surface area contributed by atoms with Gasteiger partial charge in [0.05, 0.1) is 10.2 Å². The minimum absolute atomic E-state index is 0.0157. The van der Waals surface area contributed by atoms with Crippen LogP contribution in [0.5, 0.6) is 0 Å². The highest BCUT2D eigenvalue weighted by atomic mass is 32.2. The first-order valence-corrected chi connectivity index (χ1v) is 7.45.